The van der Waals surface area contributed by atoms with Crippen LogP contribution >= 0.6 is 26.5 Å². The highest BCUT2D eigenvalue weighted by molar-refractivity contribution is 7.71. The van der Waals surface area contributed by atoms with Crippen LogP contribution in [0.25, 0.3) is 20.7 Å². The van der Waals surface area contributed by atoms with Crippen molar-refractivity contribution in [3.05, 3.63) is 42.2 Å². The Labute approximate surface area is 172 Å². The first-order valence-corrected chi connectivity index (χ1v) is 12.6. The summed E-state index contributed by atoms with van der Waals surface area (Å²) >= 11 is 1.21. The second kappa shape index (κ2) is 7.13. The van der Waals surface area contributed by atoms with Gasteiger partial charge in [-0.25, -0.2) is 18.7 Å². The largest absolute Gasteiger partial charge is 0.360 e. The van der Waals surface area contributed by atoms with Crippen LogP contribution in [0.4, 0.5) is 14.6 Å². The van der Waals surface area contributed by atoms with Gasteiger partial charge in [0.25, 0.3) is 5.92 Å². The predicted octanol–water partition coefficient (Wildman–Crippen LogP) is 3.53. The van der Waals surface area contributed by atoms with Gasteiger partial charge >= 0.3 is 15.2 Å². The lowest BCUT2D eigenvalue weighted by molar-refractivity contribution is 0.112. The summed E-state index contributed by atoms with van der Waals surface area (Å²) in [6.45, 7) is 0. The van der Waals surface area contributed by atoms with Crippen LogP contribution in [-0.4, -0.2) is 41.0 Å². The number of aromatic nitrogens is 2. The summed E-state index contributed by atoms with van der Waals surface area (Å²) in [4.78, 5) is 46.2. The summed E-state index contributed by atoms with van der Waals surface area (Å²) < 4.78 is 49.5. The summed E-state index contributed by atoms with van der Waals surface area (Å²) in [5.74, 6) is -3.58. The SMILES string of the molecule is O=P(O)(O)C(Nc1ncnc2sc(-c3ccc(C4CC4(F)F)cc3)cc12)P(=O)(O)O. The molecule has 1 atom stereocenters. The third-order valence-electron chi connectivity index (χ3n) is 4.66. The number of nitrogens with zero attached hydrogens (tertiary/aromatic N) is 2. The number of alkyl halides is 2. The van der Waals surface area contributed by atoms with Crippen molar-refractivity contribution in [2.75, 3.05) is 5.32 Å². The van der Waals surface area contributed by atoms with E-state index in [2.05, 4.69) is 15.3 Å². The van der Waals surface area contributed by atoms with E-state index < -0.39 is 32.6 Å². The van der Waals surface area contributed by atoms with E-state index in [0.717, 1.165) is 6.33 Å². The van der Waals surface area contributed by atoms with Gasteiger partial charge in [-0.2, -0.15) is 0 Å². The van der Waals surface area contributed by atoms with E-state index >= 15 is 0 Å². The first kappa shape index (κ1) is 21.5. The third-order valence-corrected chi connectivity index (χ3v) is 9.09. The molecule has 5 N–H and O–H groups in total. The number of hydrogen-bond acceptors (Lipinski definition) is 6. The number of benzene rings is 1. The summed E-state index contributed by atoms with van der Waals surface area (Å²) in [5.41, 5.74) is -1.21. The molecule has 1 fully saturated rings. The molecule has 0 aliphatic heterocycles. The number of thiophene rings is 1. The highest BCUT2D eigenvalue weighted by Gasteiger charge is 2.57. The second-order valence-electron chi connectivity index (χ2n) is 6.89. The molecule has 2 aromatic heterocycles. The highest BCUT2D eigenvalue weighted by atomic mass is 32.1. The Balaban J connectivity index is 1.67. The lowest BCUT2D eigenvalue weighted by Crippen LogP contribution is -2.20. The van der Waals surface area contributed by atoms with Crippen LogP contribution in [0.3, 0.4) is 0 Å². The van der Waals surface area contributed by atoms with Crippen molar-refractivity contribution in [1.29, 1.82) is 0 Å². The number of fused-ring (bicyclic) bond motifs is 1. The standard InChI is InChI=1S/C16H15F2N3O6P2S/c17-16(18)6-11(16)8-1-3-9(4-2-8)12-5-10-13(19-7-20-14(10)30-12)21-15(28(22,23)24)29(25,26)27/h1-5,7,11,15H,6H2,(H,19,20,21)(H2,22,23,24)(H2,25,26,27). The summed E-state index contributed by atoms with van der Waals surface area (Å²) in [6.07, 6.45) is 0.930. The fourth-order valence-corrected chi connectivity index (χ4v) is 6.21. The van der Waals surface area contributed by atoms with Gasteiger partial charge in [-0.1, -0.05) is 24.3 Å². The molecule has 0 bridgehead atoms. The number of nitrogens with one attached hydrogen (secondary N) is 1. The van der Waals surface area contributed by atoms with E-state index in [1.54, 1.807) is 30.3 Å². The maximum absolute atomic E-state index is 13.2. The molecule has 3 aromatic rings. The van der Waals surface area contributed by atoms with Gasteiger partial charge in [0, 0.05) is 11.3 Å². The molecule has 1 aromatic carbocycles. The quantitative estimate of drug-likeness (QED) is 0.336. The van der Waals surface area contributed by atoms with Crippen molar-refractivity contribution in [2.24, 2.45) is 0 Å². The Hall–Kier alpha value is -1.78. The zero-order chi connectivity index (χ0) is 21.9. The molecule has 0 saturated heterocycles. The van der Waals surface area contributed by atoms with Crippen molar-refractivity contribution in [3.8, 4) is 10.4 Å². The fraction of sp³-hybridized carbons (Fsp3) is 0.250. The molecule has 1 unspecified atom stereocenters. The average molecular weight is 477 g/mol. The van der Waals surface area contributed by atoms with Crippen LogP contribution in [-0.2, 0) is 9.13 Å². The molecule has 0 amide bonds. The van der Waals surface area contributed by atoms with Gasteiger partial charge in [-0.3, -0.25) is 9.13 Å². The van der Waals surface area contributed by atoms with Crippen LogP contribution in [0.1, 0.15) is 17.9 Å². The van der Waals surface area contributed by atoms with E-state index in [1.165, 1.54) is 11.3 Å². The van der Waals surface area contributed by atoms with Crippen molar-refractivity contribution >= 4 is 42.6 Å². The molecule has 30 heavy (non-hydrogen) atoms. The van der Waals surface area contributed by atoms with E-state index in [1.807, 2.05) is 0 Å². The van der Waals surface area contributed by atoms with Gasteiger partial charge < -0.3 is 24.9 Å². The fourth-order valence-electron chi connectivity index (χ4n) is 3.05. The number of halogens is 2. The molecule has 1 aliphatic carbocycles. The first-order chi connectivity index (χ1) is 13.9. The summed E-state index contributed by atoms with van der Waals surface area (Å²) in [6, 6.07) is 8.20. The maximum atomic E-state index is 13.2. The van der Waals surface area contributed by atoms with Gasteiger partial charge in [0.1, 0.15) is 17.0 Å². The maximum Gasteiger partial charge on any atom is 0.360 e. The topological polar surface area (TPSA) is 153 Å². The number of anilines is 1. The third kappa shape index (κ3) is 4.17. The predicted molar refractivity (Wildman–Crippen MR) is 107 cm³/mol. The van der Waals surface area contributed by atoms with Gasteiger partial charge in [-0.15, -0.1) is 11.3 Å². The lowest BCUT2D eigenvalue weighted by Gasteiger charge is -2.21. The molecule has 2 heterocycles. The molecule has 160 valence electrons. The Morgan fingerprint density at radius 2 is 1.70 bits per heavy atom. The van der Waals surface area contributed by atoms with Gasteiger partial charge in [0.2, 0.25) is 5.52 Å². The Morgan fingerprint density at radius 1 is 1.10 bits per heavy atom. The van der Waals surface area contributed by atoms with Crippen molar-refractivity contribution in [2.45, 2.75) is 23.8 Å². The van der Waals surface area contributed by atoms with Gasteiger partial charge in [0.15, 0.2) is 0 Å². The number of hydrogen-bond donors (Lipinski definition) is 5. The molecular weight excluding hydrogens is 462 g/mol. The monoisotopic (exact) mass is 477 g/mol. The van der Waals surface area contributed by atoms with E-state index in [0.29, 0.717) is 26.2 Å². The van der Waals surface area contributed by atoms with Crippen LogP contribution in [0.15, 0.2) is 36.7 Å². The zero-order valence-corrected chi connectivity index (χ0v) is 17.5. The van der Waals surface area contributed by atoms with Crippen molar-refractivity contribution < 1.29 is 37.5 Å². The van der Waals surface area contributed by atoms with Crippen molar-refractivity contribution in [3.63, 3.8) is 0 Å². The minimum Gasteiger partial charge on any atom is -0.346 e. The Kier molecular flexibility index (Phi) is 5.10. The summed E-state index contributed by atoms with van der Waals surface area (Å²) in [5, 5.41) is 2.46. The summed E-state index contributed by atoms with van der Waals surface area (Å²) in [7, 11) is -10.4. The smallest absolute Gasteiger partial charge is 0.346 e. The van der Waals surface area contributed by atoms with Crippen molar-refractivity contribution in [1.82, 2.24) is 9.97 Å². The number of rotatable bonds is 6. The molecule has 1 aliphatic rings. The molecular formula is C16H15F2N3O6P2S. The molecule has 0 radical (unpaired) electrons. The molecule has 9 nitrogen and oxygen atoms in total. The molecule has 4 rings (SSSR count). The minimum atomic E-state index is -5.20. The minimum absolute atomic E-state index is 0.145. The first-order valence-electron chi connectivity index (χ1n) is 8.46. The van der Waals surface area contributed by atoms with Crippen LogP contribution in [0.5, 0.6) is 0 Å². The second-order valence-corrected chi connectivity index (χ2v) is 11.7. The normalized spacial score (nSPS) is 18.7. The zero-order valence-electron chi connectivity index (χ0n) is 14.9. The highest BCUT2D eigenvalue weighted by Crippen LogP contribution is 2.60. The Morgan fingerprint density at radius 3 is 2.23 bits per heavy atom. The van der Waals surface area contributed by atoms with E-state index in [9.17, 15) is 37.5 Å². The Bertz CT molecular complexity index is 1190. The lowest BCUT2D eigenvalue weighted by atomic mass is 10.1. The van der Waals surface area contributed by atoms with E-state index in [-0.39, 0.29) is 12.2 Å². The average Bonchev–Trinajstić information content (AvgIpc) is 3.07. The molecule has 14 heteroatoms. The van der Waals surface area contributed by atoms with Gasteiger partial charge in [-0.05, 0) is 17.2 Å². The molecule has 1 saturated carbocycles. The van der Waals surface area contributed by atoms with Crippen LogP contribution in [0, 0.1) is 0 Å². The molecule has 0 spiro atoms. The van der Waals surface area contributed by atoms with E-state index in [4.69, 9.17) is 0 Å². The van der Waals surface area contributed by atoms with Crippen LogP contribution in [0.2, 0.25) is 0 Å². The van der Waals surface area contributed by atoms with Crippen LogP contribution < -0.4 is 5.32 Å². The van der Waals surface area contributed by atoms with Gasteiger partial charge in [0.05, 0.1) is 11.3 Å².